The number of nitrogens with two attached hydrogens (primary N) is 1. The molecule has 0 saturated heterocycles. The molecule has 1 aromatic carbocycles. The van der Waals surface area contributed by atoms with E-state index in [1.54, 1.807) is 0 Å². The quantitative estimate of drug-likeness (QED) is 0.757. The molecule has 0 fully saturated rings. The first-order valence-corrected chi connectivity index (χ1v) is 6.28. The van der Waals surface area contributed by atoms with Gasteiger partial charge in [-0.1, -0.05) is 12.1 Å². The molecule has 0 aliphatic carbocycles. The van der Waals surface area contributed by atoms with Crippen molar-refractivity contribution in [1.29, 1.82) is 0 Å². The van der Waals surface area contributed by atoms with Crippen molar-refractivity contribution in [2.45, 2.75) is 13.0 Å². The molecule has 3 nitrogen and oxygen atoms in total. The zero-order valence-corrected chi connectivity index (χ0v) is 10.8. The highest BCUT2D eigenvalue weighted by molar-refractivity contribution is 14.1. The van der Waals surface area contributed by atoms with Gasteiger partial charge in [-0.15, -0.1) is 0 Å². The number of aromatic nitrogens is 1. The molecule has 0 amide bonds. The molecular weight excluding hydrogens is 315 g/mol. The normalized spacial score (nSPS) is 15.1. The van der Waals surface area contributed by atoms with Crippen LogP contribution < -0.4 is 5.73 Å². The van der Waals surface area contributed by atoms with E-state index in [-0.39, 0.29) is 0 Å². The molecule has 82 valence electrons. The van der Waals surface area contributed by atoms with Gasteiger partial charge in [0.05, 0.1) is 24.4 Å². The summed E-state index contributed by atoms with van der Waals surface area (Å²) in [7, 11) is 0. The van der Waals surface area contributed by atoms with Crippen LogP contribution in [0.1, 0.15) is 11.3 Å². The Morgan fingerprint density at radius 2 is 2.25 bits per heavy atom. The molecule has 0 saturated carbocycles. The Kier molecular flexibility index (Phi) is 2.48. The van der Waals surface area contributed by atoms with Crippen LogP contribution in [-0.4, -0.2) is 11.6 Å². The van der Waals surface area contributed by atoms with Crippen LogP contribution in [0.2, 0.25) is 0 Å². The fraction of sp³-hybridized carbons (Fsp3) is 0.250. The van der Waals surface area contributed by atoms with Crippen LogP contribution in [0.15, 0.2) is 18.2 Å². The van der Waals surface area contributed by atoms with Crippen molar-refractivity contribution >= 4 is 39.2 Å². The molecule has 2 heterocycles. The number of ether oxygens (including phenoxy) is 1. The number of halogens is 1. The van der Waals surface area contributed by atoms with Crippen LogP contribution in [0.25, 0.3) is 10.9 Å². The van der Waals surface area contributed by atoms with Gasteiger partial charge in [0.15, 0.2) is 0 Å². The average molecular weight is 326 g/mol. The number of benzene rings is 1. The largest absolute Gasteiger partial charge is 0.398 e. The highest BCUT2D eigenvalue weighted by Gasteiger charge is 2.17. The molecule has 2 N–H and O–H groups in total. The Bertz CT molecular complexity index is 568. The van der Waals surface area contributed by atoms with Crippen molar-refractivity contribution in [3.63, 3.8) is 0 Å². The van der Waals surface area contributed by atoms with E-state index in [1.807, 2.05) is 12.1 Å². The molecule has 0 atom stereocenters. The minimum atomic E-state index is 0.593. The van der Waals surface area contributed by atoms with Gasteiger partial charge in [0.2, 0.25) is 0 Å². The maximum Gasteiger partial charge on any atom is 0.0859 e. The SMILES string of the molecule is Nc1c2c(nc3c(I)cccc13)CCOC2. The zero-order valence-electron chi connectivity index (χ0n) is 8.66. The average Bonchev–Trinajstić information content (AvgIpc) is 2.31. The topological polar surface area (TPSA) is 48.1 Å². The molecule has 4 heteroatoms. The number of rotatable bonds is 0. The van der Waals surface area contributed by atoms with Gasteiger partial charge >= 0.3 is 0 Å². The standard InChI is InChI=1S/C12H11IN2O/c13-9-3-1-2-7-11(14)8-6-16-5-4-10(8)15-12(7)9/h1-3H,4-6H2,(H2,14,15). The second-order valence-corrected chi connectivity index (χ2v) is 5.05. The first-order valence-electron chi connectivity index (χ1n) is 5.20. The lowest BCUT2D eigenvalue weighted by atomic mass is 10.0. The van der Waals surface area contributed by atoms with E-state index in [0.717, 1.165) is 44.4 Å². The van der Waals surface area contributed by atoms with E-state index < -0.39 is 0 Å². The van der Waals surface area contributed by atoms with Crippen LogP contribution in [0.4, 0.5) is 5.69 Å². The summed E-state index contributed by atoms with van der Waals surface area (Å²) in [6.07, 6.45) is 0.862. The van der Waals surface area contributed by atoms with Crippen LogP contribution >= 0.6 is 22.6 Å². The van der Waals surface area contributed by atoms with Crippen LogP contribution in [0, 0.1) is 3.57 Å². The first-order chi connectivity index (χ1) is 7.77. The Morgan fingerprint density at radius 3 is 3.12 bits per heavy atom. The van der Waals surface area contributed by atoms with E-state index in [1.165, 1.54) is 0 Å². The van der Waals surface area contributed by atoms with Gasteiger partial charge in [-0.25, -0.2) is 0 Å². The zero-order chi connectivity index (χ0) is 11.1. The molecule has 0 radical (unpaired) electrons. The van der Waals surface area contributed by atoms with Crippen LogP contribution in [-0.2, 0) is 17.8 Å². The molecule has 1 aromatic heterocycles. The maximum atomic E-state index is 6.19. The van der Waals surface area contributed by atoms with E-state index >= 15 is 0 Å². The minimum Gasteiger partial charge on any atom is -0.398 e. The van der Waals surface area contributed by atoms with Crippen molar-refractivity contribution in [3.05, 3.63) is 33.0 Å². The van der Waals surface area contributed by atoms with Gasteiger partial charge < -0.3 is 10.5 Å². The lowest BCUT2D eigenvalue weighted by Gasteiger charge is -2.19. The van der Waals surface area contributed by atoms with Gasteiger partial charge in [0.25, 0.3) is 0 Å². The second-order valence-electron chi connectivity index (χ2n) is 3.89. The predicted octanol–water partition coefficient (Wildman–Crippen LogP) is 2.49. The van der Waals surface area contributed by atoms with Gasteiger partial charge in [-0.2, -0.15) is 0 Å². The number of hydrogen-bond acceptors (Lipinski definition) is 3. The Morgan fingerprint density at radius 1 is 1.38 bits per heavy atom. The molecule has 2 aromatic rings. The second kappa shape index (κ2) is 3.85. The first kappa shape index (κ1) is 10.3. The minimum absolute atomic E-state index is 0.593. The number of para-hydroxylation sites is 1. The number of anilines is 1. The molecule has 1 aliphatic heterocycles. The third-order valence-corrected chi connectivity index (χ3v) is 3.80. The molecule has 3 rings (SSSR count). The molecule has 0 unspecified atom stereocenters. The summed E-state index contributed by atoms with van der Waals surface area (Å²) in [5, 5.41) is 1.04. The molecule has 0 spiro atoms. The number of hydrogen-bond donors (Lipinski definition) is 1. The summed E-state index contributed by atoms with van der Waals surface area (Å²) in [5.74, 6) is 0. The van der Waals surface area contributed by atoms with Gasteiger partial charge in [-0.3, -0.25) is 4.98 Å². The summed E-state index contributed by atoms with van der Waals surface area (Å²) >= 11 is 2.30. The fourth-order valence-corrected chi connectivity index (χ4v) is 2.70. The van der Waals surface area contributed by atoms with Crippen molar-refractivity contribution in [3.8, 4) is 0 Å². The van der Waals surface area contributed by atoms with E-state index in [2.05, 4.69) is 28.7 Å². The van der Waals surface area contributed by atoms with Crippen LogP contribution in [0.3, 0.4) is 0 Å². The van der Waals surface area contributed by atoms with Gasteiger partial charge in [-0.05, 0) is 28.7 Å². The van der Waals surface area contributed by atoms with E-state index in [4.69, 9.17) is 15.5 Å². The number of fused-ring (bicyclic) bond motifs is 2. The predicted molar refractivity (Wildman–Crippen MR) is 72.2 cm³/mol. The maximum absolute atomic E-state index is 6.19. The van der Waals surface area contributed by atoms with Crippen molar-refractivity contribution in [2.75, 3.05) is 12.3 Å². The number of pyridine rings is 1. The molecule has 1 aliphatic rings. The van der Waals surface area contributed by atoms with Gasteiger partial charge in [0, 0.05) is 26.6 Å². The third-order valence-electron chi connectivity index (χ3n) is 2.93. The summed E-state index contributed by atoms with van der Waals surface area (Å²) in [6, 6.07) is 6.09. The Balaban J connectivity index is 2.39. The summed E-state index contributed by atoms with van der Waals surface area (Å²) in [5.41, 5.74) is 10.2. The van der Waals surface area contributed by atoms with Gasteiger partial charge in [0.1, 0.15) is 0 Å². The molecule has 16 heavy (non-hydrogen) atoms. The monoisotopic (exact) mass is 326 g/mol. The van der Waals surface area contributed by atoms with Crippen LogP contribution in [0.5, 0.6) is 0 Å². The molecular formula is C12H11IN2O. The highest BCUT2D eigenvalue weighted by Crippen LogP contribution is 2.30. The Labute approximate surface area is 107 Å². The van der Waals surface area contributed by atoms with Crippen molar-refractivity contribution in [2.24, 2.45) is 0 Å². The lowest BCUT2D eigenvalue weighted by molar-refractivity contribution is 0.110. The summed E-state index contributed by atoms with van der Waals surface area (Å²) < 4.78 is 6.58. The van der Waals surface area contributed by atoms with Crippen molar-refractivity contribution in [1.82, 2.24) is 4.98 Å². The number of nitrogens with zero attached hydrogens (tertiary/aromatic N) is 1. The van der Waals surface area contributed by atoms with E-state index in [0.29, 0.717) is 6.61 Å². The lowest BCUT2D eigenvalue weighted by Crippen LogP contribution is -2.14. The van der Waals surface area contributed by atoms with Crippen molar-refractivity contribution < 1.29 is 4.74 Å². The summed E-state index contributed by atoms with van der Waals surface area (Å²) in [4.78, 5) is 4.71. The molecule has 0 bridgehead atoms. The fourth-order valence-electron chi connectivity index (χ4n) is 2.08. The smallest absolute Gasteiger partial charge is 0.0859 e. The highest BCUT2D eigenvalue weighted by atomic mass is 127. The summed E-state index contributed by atoms with van der Waals surface area (Å²) in [6.45, 7) is 1.34. The van der Waals surface area contributed by atoms with E-state index in [9.17, 15) is 0 Å². The Hall–Kier alpha value is -0.880. The number of nitrogen functional groups attached to an aromatic ring is 1. The third kappa shape index (κ3) is 1.48.